The fourth-order valence-corrected chi connectivity index (χ4v) is 2.34. The molecule has 0 spiro atoms. The number of nitrogens with one attached hydrogen (secondary N) is 2. The number of carbonyl (C=O) groups is 2. The third kappa shape index (κ3) is 5.70. The molecular formula is C19H21N3O6. The van der Waals surface area contributed by atoms with E-state index in [9.17, 15) is 19.7 Å². The summed E-state index contributed by atoms with van der Waals surface area (Å²) in [6.45, 7) is 4.97. The lowest BCUT2D eigenvalue weighted by Gasteiger charge is -2.15. The molecule has 1 atom stereocenters. The number of nitro benzene ring substituents is 1. The van der Waals surface area contributed by atoms with Gasteiger partial charge in [-0.1, -0.05) is 18.2 Å². The number of nitro groups is 1. The standard InChI is InChI=1S/C19H21N3O6/c1-12-5-4-6-13(2)18(12)27-11-17(23)20-21-19(24)14(3)28-16-9-7-15(8-10-16)22(25)26/h4-10,14H,11H2,1-3H3,(H,20,23)(H,21,24). The average Bonchev–Trinajstić information content (AvgIpc) is 2.66. The van der Waals surface area contributed by atoms with Gasteiger partial charge >= 0.3 is 0 Å². The summed E-state index contributed by atoms with van der Waals surface area (Å²) in [6.07, 6.45) is -0.929. The Balaban J connectivity index is 1.79. The van der Waals surface area contributed by atoms with E-state index in [1.165, 1.54) is 31.2 Å². The second-order valence-electron chi connectivity index (χ2n) is 6.06. The Morgan fingerprint density at radius 3 is 2.25 bits per heavy atom. The van der Waals surface area contributed by atoms with Crippen LogP contribution in [0.15, 0.2) is 42.5 Å². The normalized spacial score (nSPS) is 11.2. The van der Waals surface area contributed by atoms with Gasteiger partial charge in [0.25, 0.3) is 17.5 Å². The molecule has 0 aliphatic rings. The molecule has 2 aromatic carbocycles. The van der Waals surface area contributed by atoms with Crippen molar-refractivity contribution in [3.63, 3.8) is 0 Å². The molecule has 148 valence electrons. The van der Waals surface area contributed by atoms with Crippen LogP contribution in [0.25, 0.3) is 0 Å². The summed E-state index contributed by atoms with van der Waals surface area (Å²) in [5.74, 6) is -0.200. The molecule has 2 rings (SSSR count). The van der Waals surface area contributed by atoms with E-state index >= 15 is 0 Å². The van der Waals surface area contributed by atoms with Gasteiger partial charge in [0.2, 0.25) is 0 Å². The molecule has 0 fully saturated rings. The van der Waals surface area contributed by atoms with Gasteiger partial charge in [0, 0.05) is 12.1 Å². The first-order chi connectivity index (χ1) is 13.3. The van der Waals surface area contributed by atoms with Crippen molar-refractivity contribution in [3.8, 4) is 11.5 Å². The molecular weight excluding hydrogens is 366 g/mol. The van der Waals surface area contributed by atoms with Crippen molar-refractivity contribution in [2.45, 2.75) is 26.9 Å². The number of nitrogens with zero attached hydrogens (tertiary/aromatic N) is 1. The summed E-state index contributed by atoms with van der Waals surface area (Å²) in [7, 11) is 0. The third-order valence-electron chi connectivity index (χ3n) is 3.81. The summed E-state index contributed by atoms with van der Waals surface area (Å²) >= 11 is 0. The summed E-state index contributed by atoms with van der Waals surface area (Å²) in [6, 6.07) is 11.0. The van der Waals surface area contributed by atoms with Crippen LogP contribution in [0, 0.1) is 24.0 Å². The largest absolute Gasteiger partial charge is 0.483 e. The zero-order valence-electron chi connectivity index (χ0n) is 15.7. The summed E-state index contributed by atoms with van der Waals surface area (Å²) in [5, 5.41) is 10.6. The Bertz CT molecular complexity index is 846. The van der Waals surface area contributed by atoms with Gasteiger partial charge in [0.05, 0.1) is 4.92 Å². The number of hydrogen-bond donors (Lipinski definition) is 2. The van der Waals surface area contributed by atoms with Gasteiger partial charge in [-0.3, -0.25) is 30.6 Å². The summed E-state index contributed by atoms with van der Waals surface area (Å²) in [5.41, 5.74) is 6.22. The molecule has 0 heterocycles. The minimum absolute atomic E-state index is 0.0828. The van der Waals surface area contributed by atoms with Crippen molar-refractivity contribution in [2.24, 2.45) is 0 Å². The van der Waals surface area contributed by atoms with Crippen molar-refractivity contribution < 1.29 is 24.0 Å². The number of para-hydroxylation sites is 1. The fourth-order valence-electron chi connectivity index (χ4n) is 2.34. The van der Waals surface area contributed by atoms with E-state index in [1.807, 2.05) is 32.0 Å². The number of non-ortho nitro benzene ring substituents is 1. The predicted molar refractivity (Wildman–Crippen MR) is 101 cm³/mol. The minimum Gasteiger partial charge on any atom is -0.483 e. The van der Waals surface area contributed by atoms with Crippen molar-refractivity contribution in [1.29, 1.82) is 0 Å². The van der Waals surface area contributed by atoms with Crippen LogP contribution in [0.3, 0.4) is 0 Å². The predicted octanol–water partition coefficient (Wildman–Crippen LogP) is 2.21. The zero-order valence-corrected chi connectivity index (χ0v) is 15.7. The van der Waals surface area contributed by atoms with E-state index in [-0.39, 0.29) is 18.0 Å². The quantitative estimate of drug-likeness (QED) is 0.555. The molecule has 2 N–H and O–H groups in total. The number of benzene rings is 2. The number of aryl methyl sites for hydroxylation is 2. The van der Waals surface area contributed by atoms with E-state index in [2.05, 4.69) is 10.9 Å². The first-order valence-corrected chi connectivity index (χ1v) is 8.46. The smallest absolute Gasteiger partial charge is 0.279 e. The van der Waals surface area contributed by atoms with Gasteiger partial charge in [-0.25, -0.2) is 0 Å². The number of hydrazine groups is 1. The maximum absolute atomic E-state index is 12.0. The van der Waals surface area contributed by atoms with Gasteiger partial charge in [-0.2, -0.15) is 0 Å². The van der Waals surface area contributed by atoms with Crippen LogP contribution in [-0.4, -0.2) is 29.4 Å². The van der Waals surface area contributed by atoms with Crippen molar-refractivity contribution in [1.82, 2.24) is 10.9 Å². The molecule has 0 aliphatic heterocycles. The highest BCUT2D eigenvalue weighted by Gasteiger charge is 2.16. The molecule has 9 nitrogen and oxygen atoms in total. The monoisotopic (exact) mass is 387 g/mol. The Morgan fingerprint density at radius 1 is 1.07 bits per heavy atom. The van der Waals surface area contributed by atoms with Gasteiger partial charge in [0.1, 0.15) is 11.5 Å². The Hall–Kier alpha value is -3.62. The molecule has 1 unspecified atom stereocenters. The van der Waals surface area contributed by atoms with Crippen molar-refractivity contribution in [3.05, 3.63) is 63.7 Å². The first kappa shape index (κ1) is 20.7. The molecule has 0 bridgehead atoms. The Kier molecular flexibility index (Phi) is 6.91. The average molecular weight is 387 g/mol. The number of carbonyl (C=O) groups excluding carboxylic acids is 2. The van der Waals surface area contributed by atoms with Crippen LogP contribution >= 0.6 is 0 Å². The minimum atomic E-state index is -0.929. The lowest BCUT2D eigenvalue weighted by Crippen LogP contribution is -2.48. The Morgan fingerprint density at radius 2 is 1.68 bits per heavy atom. The van der Waals surface area contributed by atoms with Crippen molar-refractivity contribution in [2.75, 3.05) is 6.61 Å². The molecule has 0 aromatic heterocycles. The molecule has 9 heteroatoms. The molecule has 2 aromatic rings. The zero-order chi connectivity index (χ0) is 20.7. The first-order valence-electron chi connectivity index (χ1n) is 8.46. The van der Waals surface area contributed by atoms with Gasteiger partial charge in [-0.05, 0) is 44.0 Å². The van der Waals surface area contributed by atoms with Crippen LogP contribution in [0.1, 0.15) is 18.1 Å². The van der Waals surface area contributed by atoms with Crippen LogP contribution in [0.4, 0.5) is 5.69 Å². The highest BCUT2D eigenvalue weighted by molar-refractivity contribution is 5.85. The molecule has 2 amide bonds. The number of rotatable bonds is 7. The molecule has 0 saturated heterocycles. The van der Waals surface area contributed by atoms with Crippen LogP contribution in [0.5, 0.6) is 11.5 Å². The lowest BCUT2D eigenvalue weighted by molar-refractivity contribution is -0.384. The van der Waals surface area contributed by atoms with E-state index < -0.39 is 22.8 Å². The van der Waals surface area contributed by atoms with Crippen LogP contribution < -0.4 is 20.3 Å². The van der Waals surface area contributed by atoms with E-state index in [0.717, 1.165) is 11.1 Å². The van der Waals surface area contributed by atoms with Gasteiger partial charge < -0.3 is 9.47 Å². The molecule has 0 saturated carbocycles. The maximum atomic E-state index is 12.0. The van der Waals surface area contributed by atoms with E-state index in [4.69, 9.17) is 9.47 Å². The third-order valence-corrected chi connectivity index (χ3v) is 3.81. The van der Waals surface area contributed by atoms with Crippen LogP contribution in [-0.2, 0) is 9.59 Å². The van der Waals surface area contributed by atoms with Crippen molar-refractivity contribution >= 4 is 17.5 Å². The van der Waals surface area contributed by atoms with E-state index in [0.29, 0.717) is 5.75 Å². The topological polar surface area (TPSA) is 120 Å². The van der Waals surface area contributed by atoms with Crippen LogP contribution in [0.2, 0.25) is 0 Å². The fraction of sp³-hybridized carbons (Fsp3) is 0.263. The van der Waals surface area contributed by atoms with Gasteiger partial charge in [0.15, 0.2) is 12.7 Å². The second-order valence-corrected chi connectivity index (χ2v) is 6.06. The molecule has 0 radical (unpaired) electrons. The number of hydrogen-bond acceptors (Lipinski definition) is 6. The maximum Gasteiger partial charge on any atom is 0.279 e. The second kappa shape index (κ2) is 9.36. The molecule has 28 heavy (non-hydrogen) atoms. The summed E-state index contributed by atoms with van der Waals surface area (Å²) in [4.78, 5) is 34.0. The van der Waals surface area contributed by atoms with E-state index in [1.54, 1.807) is 0 Å². The summed E-state index contributed by atoms with van der Waals surface area (Å²) < 4.78 is 10.9. The lowest BCUT2D eigenvalue weighted by atomic mass is 10.1. The number of ether oxygens (including phenoxy) is 2. The molecule has 0 aliphatic carbocycles. The Labute approximate surface area is 161 Å². The number of amides is 2. The highest BCUT2D eigenvalue weighted by Crippen LogP contribution is 2.22. The van der Waals surface area contributed by atoms with Gasteiger partial charge in [-0.15, -0.1) is 0 Å². The SMILES string of the molecule is Cc1cccc(C)c1OCC(=O)NNC(=O)C(C)Oc1ccc([N+](=O)[O-])cc1. The highest BCUT2D eigenvalue weighted by atomic mass is 16.6.